The molecule has 2 unspecified atom stereocenters. The van der Waals surface area contributed by atoms with Crippen LogP contribution in [0.3, 0.4) is 0 Å². The van der Waals surface area contributed by atoms with Crippen LogP contribution in [-0.2, 0) is 22.4 Å². The molecule has 1 aromatic heterocycles. The normalized spacial score (nSPS) is 14.9. The van der Waals surface area contributed by atoms with Crippen molar-refractivity contribution in [3.63, 3.8) is 0 Å². The van der Waals surface area contributed by atoms with Crippen LogP contribution < -0.4 is 21.8 Å². The maximum Gasteiger partial charge on any atom is 0.267 e. The first-order valence-corrected chi connectivity index (χ1v) is 15.3. The largest absolute Gasteiger partial charge is 0.368 e. The second-order valence-electron chi connectivity index (χ2n) is 10.6. The molecular formula is C33H35N7O3S. The predicted molar refractivity (Wildman–Crippen MR) is 169 cm³/mol. The number of anilines is 1. The smallest absolute Gasteiger partial charge is 0.267 e. The van der Waals surface area contributed by atoms with E-state index in [-0.39, 0.29) is 12.0 Å². The molecule has 2 heterocycles. The van der Waals surface area contributed by atoms with Gasteiger partial charge in [0.25, 0.3) is 5.91 Å². The standard InChI is InChI=1S/C33H35N7O3S/c1-2-25-26(19-34)32(38-33(27(25)20-35)44-30(31(37)42)24-6-4-3-5-7-24)40-16-14-23(15-17-40)28(36)18-22-10-8-21(9-11-22)12-13-29(41)39-43/h3-13,23,28,30,43H,2,14-18,36H2,1H3,(H2,37,42)(H,39,41)/b13-12+. The summed E-state index contributed by atoms with van der Waals surface area (Å²) in [7, 11) is 0. The van der Waals surface area contributed by atoms with Crippen LogP contribution in [0.15, 0.2) is 65.7 Å². The van der Waals surface area contributed by atoms with Gasteiger partial charge in [-0.15, -0.1) is 0 Å². The highest BCUT2D eigenvalue weighted by Gasteiger charge is 2.30. The van der Waals surface area contributed by atoms with Crippen LogP contribution in [-0.4, -0.2) is 41.1 Å². The minimum absolute atomic E-state index is 0.0670. The zero-order valence-electron chi connectivity index (χ0n) is 24.4. The zero-order valence-corrected chi connectivity index (χ0v) is 25.3. The number of thioether (sulfide) groups is 1. The Bertz CT molecular complexity index is 1590. The maximum absolute atomic E-state index is 12.5. The van der Waals surface area contributed by atoms with Gasteiger partial charge in [-0.1, -0.05) is 73.3 Å². The summed E-state index contributed by atoms with van der Waals surface area (Å²) < 4.78 is 0. The summed E-state index contributed by atoms with van der Waals surface area (Å²) in [5.41, 5.74) is 17.9. The van der Waals surface area contributed by atoms with Crippen molar-refractivity contribution in [3.8, 4) is 12.1 Å². The number of carbonyl (C=O) groups is 2. The molecule has 0 bridgehead atoms. The fraction of sp³-hybridized carbons (Fsp3) is 0.303. The average Bonchev–Trinajstić information content (AvgIpc) is 3.06. The van der Waals surface area contributed by atoms with E-state index in [1.807, 2.05) is 61.5 Å². The van der Waals surface area contributed by atoms with Crippen LogP contribution in [0.2, 0.25) is 0 Å². The van der Waals surface area contributed by atoms with E-state index < -0.39 is 17.1 Å². The molecule has 11 heteroatoms. The predicted octanol–water partition coefficient (Wildman–Crippen LogP) is 4.01. The molecule has 1 saturated heterocycles. The molecule has 0 saturated carbocycles. The first kappa shape index (κ1) is 32.2. The summed E-state index contributed by atoms with van der Waals surface area (Å²) >= 11 is 1.14. The van der Waals surface area contributed by atoms with Crippen molar-refractivity contribution in [3.05, 3.63) is 94.1 Å². The molecule has 1 fully saturated rings. The molecule has 44 heavy (non-hydrogen) atoms. The number of pyridine rings is 1. The van der Waals surface area contributed by atoms with Gasteiger partial charge in [-0.25, -0.2) is 10.5 Å². The second-order valence-corrected chi connectivity index (χ2v) is 11.7. The van der Waals surface area contributed by atoms with Crippen molar-refractivity contribution in [2.75, 3.05) is 18.0 Å². The fourth-order valence-electron chi connectivity index (χ4n) is 5.48. The summed E-state index contributed by atoms with van der Waals surface area (Å²) in [5, 5.41) is 28.5. The number of hydroxylamine groups is 1. The monoisotopic (exact) mass is 609 g/mol. The number of nitriles is 2. The van der Waals surface area contributed by atoms with E-state index in [9.17, 15) is 20.1 Å². The molecule has 0 radical (unpaired) electrons. The van der Waals surface area contributed by atoms with Crippen LogP contribution in [0, 0.1) is 28.6 Å². The lowest BCUT2D eigenvalue weighted by Gasteiger charge is -2.36. The fourth-order valence-corrected chi connectivity index (χ4v) is 6.54. The van der Waals surface area contributed by atoms with Gasteiger partial charge in [0.1, 0.15) is 28.2 Å². The van der Waals surface area contributed by atoms with Gasteiger partial charge in [0.2, 0.25) is 5.91 Å². The van der Waals surface area contributed by atoms with Gasteiger partial charge in [0.05, 0.1) is 11.1 Å². The van der Waals surface area contributed by atoms with E-state index >= 15 is 0 Å². The number of carbonyl (C=O) groups excluding carboxylic acids is 2. The van der Waals surface area contributed by atoms with Gasteiger partial charge >= 0.3 is 0 Å². The first-order chi connectivity index (χ1) is 21.3. The summed E-state index contributed by atoms with van der Waals surface area (Å²) in [6, 6.07) is 21.3. The molecule has 3 aromatic rings. The third kappa shape index (κ3) is 7.63. The van der Waals surface area contributed by atoms with Gasteiger partial charge in [0.15, 0.2) is 0 Å². The van der Waals surface area contributed by atoms with Crippen molar-refractivity contribution in [1.29, 1.82) is 10.5 Å². The lowest BCUT2D eigenvalue weighted by Crippen LogP contribution is -2.42. The number of rotatable bonds is 11. The molecule has 6 N–H and O–H groups in total. The Hall–Kier alpha value is -4.68. The van der Waals surface area contributed by atoms with Gasteiger partial charge in [0, 0.05) is 25.2 Å². The van der Waals surface area contributed by atoms with Gasteiger partial charge < -0.3 is 16.4 Å². The summed E-state index contributed by atoms with van der Waals surface area (Å²) in [4.78, 5) is 30.6. The van der Waals surface area contributed by atoms with E-state index in [4.69, 9.17) is 21.7 Å². The van der Waals surface area contributed by atoms with Crippen LogP contribution in [0.4, 0.5) is 5.82 Å². The van der Waals surface area contributed by atoms with Gasteiger partial charge in [-0.3, -0.25) is 14.8 Å². The van der Waals surface area contributed by atoms with E-state index in [0.717, 1.165) is 41.3 Å². The number of aromatic nitrogens is 1. The number of hydrogen-bond acceptors (Lipinski definition) is 9. The Kier molecular flexibility index (Phi) is 11.1. The molecule has 10 nitrogen and oxygen atoms in total. The third-order valence-corrected chi connectivity index (χ3v) is 9.11. The Morgan fingerprint density at radius 3 is 2.34 bits per heavy atom. The Morgan fingerprint density at radius 2 is 1.77 bits per heavy atom. The lowest BCUT2D eigenvalue weighted by atomic mass is 9.86. The highest BCUT2D eigenvalue weighted by Crippen LogP contribution is 2.40. The number of nitrogens with one attached hydrogen (secondary N) is 1. The molecule has 2 aromatic carbocycles. The van der Waals surface area contributed by atoms with E-state index in [1.54, 1.807) is 11.6 Å². The second kappa shape index (κ2) is 15.2. The Morgan fingerprint density at radius 1 is 1.11 bits per heavy atom. The maximum atomic E-state index is 12.5. The van der Waals surface area contributed by atoms with Crippen molar-refractivity contribution in [1.82, 2.24) is 10.5 Å². The van der Waals surface area contributed by atoms with E-state index in [0.29, 0.717) is 53.5 Å². The van der Waals surface area contributed by atoms with Crippen molar-refractivity contribution >= 4 is 35.5 Å². The lowest BCUT2D eigenvalue weighted by molar-refractivity contribution is -0.124. The summed E-state index contributed by atoms with van der Waals surface area (Å²) in [6.45, 7) is 3.19. The number of benzene rings is 2. The quantitative estimate of drug-likeness (QED) is 0.108. The third-order valence-electron chi connectivity index (χ3n) is 7.85. The number of primary amides is 1. The Balaban J connectivity index is 1.51. The molecule has 2 amide bonds. The van der Waals surface area contributed by atoms with Gasteiger partial charge in [-0.05, 0) is 59.9 Å². The number of nitrogens with two attached hydrogens (primary N) is 2. The van der Waals surface area contributed by atoms with Crippen LogP contribution in [0.5, 0.6) is 0 Å². The van der Waals surface area contributed by atoms with E-state index in [1.165, 1.54) is 6.08 Å². The molecule has 0 spiro atoms. The topological polar surface area (TPSA) is 182 Å². The van der Waals surface area contributed by atoms with Crippen molar-refractivity contribution < 1.29 is 14.8 Å². The minimum atomic E-state index is -0.741. The average molecular weight is 610 g/mol. The molecule has 226 valence electrons. The summed E-state index contributed by atoms with van der Waals surface area (Å²) in [5.74, 6) is -0.346. The molecule has 0 aliphatic carbocycles. The SMILES string of the molecule is CCc1c(C#N)c(SC(C(N)=O)c2ccccc2)nc(N2CCC(C(N)Cc3ccc(/C=C/C(=O)NO)cc3)CC2)c1C#N. The summed E-state index contributed by atoms with van der Waals surface area (Å²) in [6.07, 6.45) is 5.64. The highest BCUT2D eigenvalue weighted by molar-refractivity contribution is 8.00. The van der Waals surface area contributed by atoms with Gasteiger partial charge in [-0.2, -0.15) is 10.5 Å². The van der Waals surface area contributed by atoms with Crippen LogP contribution in [0.25, 0.3) is 6.08 Å². The zero-order chi connectivity index (χ0) is 31.6. The highest BCUT2D eigenvalue weighted by atomic mass is 32.2. The molecule has 4 rings (SSSR count). The minimum Gasteiger partial charge on any atom is -0.368 e. The first-order valence-electron chi connectivity index (χ1n) is 14.4. The molecule has 2 atom stereocenters. The van der Waals surface area contributed by atoms with Crippen molar-refractivity contribution in [2.45, 2.75) is 48.9 Å². The molecular weight excluding hydrogens is 574 g/mol. The molecule has 1 aliphatic heterocycles. The Labute approximate surface area is 261 Å². The number of nitrogens with zero attached hydrogens (tertiary/aromatic N) is 4. The van der Waals surface area contributed by atoms with Crippen LogP contribution in [0.1, 0.15) is 58.4 Å². The number of piperidine rings is 1. The van der Waals surface area contributed by atoms with Crippen LogP contribution >= 0.6 is 11.8 Å². The number of hydrogen-bond donors (Lipinski definition) is 4. The number of amides is 2. The molecule has 1 aliphatic rings. The van der Waals surface area contributed by atoms with Crippen molar-refractivity contribution in [2.24, 2.45) is 17.4 Å². The van der Waals surface area contributed by atoms with E-state index in [2.05, 4.69) is 17.0 Å².